The average molecular weight is 277 g/mol. The highest BCUT2D eigenvalue weighted by Gasteiger charge is 2.19. The van der Waals surface area contributed by atoms with Crippen LogP contribution in [0.2, 0.25) is 0 Å². The van der Waals surface area contributed by atoms with Crippen molar-refractivity contribution in [3.05, 3.63) is 48.2 Å². The van der Waals surface area contributed by atoms with Gasteiger partial charge in [0.15, 0.2) is 5.03 Å². The van der Waals surface area contributed by atoms with Crippen molar-refractivity contribution >= 4 is 21.4 Å². The van der Waals surface area contributed by atoms with Crippen molar-refractivity contribution in [2.75, 3.05) is 17.1 Å². The number of aromatic nitrogens is 1. The Labute approximate surface area is 112 Å². The second-order valence-electron chi connectivity index (χ2n) is 4.08. The van der Waals surface area contributed by atoms with Gasteiger partial charge >= 0.3 is 0 Å². The van der Waals surface area contributed by atoms with Crippen molar-refractivity contribution in [2.24, 2.45) is 0 Å². The van der Waals surface area contributed by atoms with Crippen LogP contribution in [-0.4, -0.2) is 20.4 Å². The van der Waals surface area contributed by atoms with Crippen LogP contribution in [0.5, 0.6) is 0 Å². The third kappa shape index (κ3) is 3.03. The molecule has 5 nitrogen and oxygen atoms in total. The van der Waals surface area contributed by atoms with Crippen LogP contribution in [0.4, 0.5) is 11.4 Å². The Hall–Kier alpha value is -2.08. The normalized spacial score (nSPS) is 11.1. The Morgan fingerprint density at radius 1 is 1.16 bits per heavy atom. The van der Waals surface area contributed by atoms with Crippen LogP contribution in [-0.2, 0) is 10.0 Å². The van der Waals surface area contributed by atoms with Gasteiger partial charge in [-0.25, -0.2) is 4.98 Å². The molecule has 0 aliphatic heterocycles. The first kappa shape index (κ1) is 13.4. The highest BCUT2D eigenvalue weighted by atomic mass is 32.2. The summed E-state index contributed by atoms with van der Waals surface area (Å²) in [7, 11) is -2.04. The number of hydrogen-bond acceptors (Lipinski definition) is 4. The molecule has 0 amide bonds. The molecule has 2 N–H and O–H groups in total. The Balaban J connectivity index is 2.38. The van der Waals surface area contributed by atoms with Crippen molar-refractivity contribution in [2.45, 2.75) is 11.9 Å². The predicted octanol–water partition coefficient (Wildman–Crippen LogP) is 2.23. The van der Waals surface area contributed by atoms with Crippen LogP contribution in [0.15, 0.2) is 47.6 Å². The van der Waals surface area contributed by atoms with E-state index < -0.39 is 10.0 Å². The van der Waals surface area contributed by atoms with Crippen molar-refractivity contribution < 1.29 is 8.42 Å². The summed E-state index contributed by atoms with van der Waals surface area (Å²) in [5, 5.41) is 2.80. The van der Waals surface area contributed by atoms with Crippen LogP contribution < -0.4 is 10.0 Å². The Bertz CT molecular complexity index is 684. The number of aryl methyl sites for hydroxylation is 1. The lowest BCUT2D eigenvalue weighted by atomic mass is 10.2. The molecule has 1 aromatic carbocycles. The zero-order chi connectivity index (χ0) is 13.9. The molecule has 0 spiro atoms. The van der Waals surface area contributed by atoms with Gasteiger partial charge in [-0.05, 0) is 36.8 Å². The molecule has 100 valence electrons. The number of pyridine rings is 1. The summed E-state index contributed by atoms with van der Waals surface area (Å²) in [6, 6.07) is 10.5. The number of anilines is 2. The van der Waals surface area contributed by atoms with Crippen LogP contribution in [0.1, 0.15) is 5.56 Å². The first-order chi connectivity index (χ1) is 9.03. The highest BCUT2D eigenvalue weighted by molar-refractivity contribution is 7.92. The highest BCUT2D eigenvalue weighted by Crippen LogP contribution is 2.21. The van der Waals surface area contributed by atoms with Crippen LogP contribution >= 0.6 is 0 Å². The fourth-order valence-corrected chi connectivity index (χ4v) is 2.90. The molecule has 1 heterocycles. The van der Waals surface area contributed by atoms with Gasteiger partial charge in [-0.3, -0.25) is 4.72 Å². The zero-order valence-electron chi connectivity index (χ0n) is 10.7. The molecule has 0 unspecified atom stereocenters. The van der Waals surface area contributed by atoms with Gasteiger partial charge in [0, 0.05) is 18.9 Å². The minimum atomic E-state index is -3.70. The molecule has 0 saturated heterocycles. The second kappa shape index (κ2) is 5.27. The van der Waals surface area contributed by atoms with Crippen molar-refractivity contribution in [3.63, 3.8) is 0 Å². The van der Waals surface area contributed by atoms with Gasteiger partial charge < -0.3 is 5.32 Å². The van der Waals surface area contributed by atoms with Gasteiger partial charge in [-0.2, -0.15) is 8.42 Å². The van der Waals surface area contributed by atoms with Crippen molar-refractivity contribution in [3.8, 4) is 0 Å². The molecule has 0 aliphatic carbocycles. The van der Waals surface area contributed by atoms with Crippen LogP contribution in [0.25, 0.3) is 0 Å². The second-order valence-corrected chi connectivity index (χ2v) is 5.68. The maximum atomic E-state index is 12.3. The summed E-state index contributed by atoms with van der Waals surface area (Å²) >= 11 is 0. The summed E-state index contributed by atoms with van der Waals surface area (Å²) in [6.07, 6.45) is 1.45. The van der Waals surface area contributed by atoms with Crippen molar-refractivity contribution in [1.29, 1.82) is 0 Å². The van der Waals surface area contributed by atoms with Gasteiger partial charge in [-0.15, -0.1) is 0 Å². The van der Waals surface area contributed by atoms with Gasteiger partial charge in [0.1, 0.15) is 0 Å². The molecule has 1 aromatic heterocycles. The van der Waals surface area contributed by atoms with Crippen LogP contribution in [0.3, 0.4) is 0 Å². The van der Waals surface area contributed by atoms with E-state index in [-0.39, 0.29) is 5.03 Å². The molecule has 6 heteroatoms. The predicted molar refractivity (Wildman–Crippen MR) is 75.8 cm³/mol. The summed E-state index contributed by atoms with van der Waals surface area (Å²) in [4.78, 5) is 3.93. The fraction of sp³-hybridized carbons (Fsp3) is 0.154. The Morgan fingerprint density at radius 2 is 1.95 bits per heavy atom. The molecule has 0 saturated carbocycles. The van der Waals surface area contributed by atoms with Gasteiger partial charge in [0.05, 0.1) is 5.69 Å². The fourth-order valence-electron chi connectivity index (χ4n) is 1.71. The topological polar surface area (TPSA) is 71.1 Å². The van der Waals surface area contributed by atoms with E-state index in [2.05, 4.69) is 15.0 Å². The lowest BCUT2D eigenvalue weighted by Gasteiger charge is -2.11. The molecular formula is C13H15N3O2S. The van der Waals surface area contributed by atoms with E-state index in [1.54, 1.807) is 37.4 Å². The molecule has 2 aromatic rings. The van der Waals surface area contributed by atoms with E-state index in [1.807, 2.05) is 13.0 Å². The standard InChI is InChI=1S/C13H15N3O2S/c1-10-5-3-6-11(9-10)16-19(17,18)13-12(14-2)7-4-8-15-13/h3-9,14,16H,1-2H3. The van der Waals surface area contributed by atoms with E-state index >= 15 is 0 Å². The summed E-state index contributed by atoms with van der Waals surface area (Å²) < 4.78 is 27.1. The lowest BCUT2D eigenvalue weighted by Crippen LogP contribution is -2.16. The third-order valence-electron chi connectivity index (χ3n) is 2.57. The SMILES string of the molecule is CNc1cccnc1S(=O)(=O)Nc1cccc(C)c1. The Morgan fingerprint density at radius 3 is 2.63 bits per heavy atom. The number of hydrogen-bond donors (Lipinski definition) is 2. The summed E-state index contributed by atoms with van der Waals surface area (Å²) in [6.45, 7) is 1.90. The molecule has 2 rings (SSSR count). The average Bonchev–Trinajstić information content (AvgIpc) is 2.38. The van der Waals surface area contributed by atoms with Crippen molar-refractivity contribution in [1.82, 2.24) is 4.98 Å². The van der Waals surface area contributed by atoms with Gasteiger partial charge in [0.25, 0.3) is 10.0 Å². The quantitative estimate of drug-likeness (QED) is 0.899. The van der Waals surface area contributed by atoms with E-state index in [4.69, 9.17) is 0 Å². The molecule has 0 radical (unpaired) electrons. The molecule has 0 aliphatic rings. The lowest BCUT2D eigenvalue weighted by molar-refractivity contribution is 0.598. The van der Waals surface area contributed by atoms with Gasteiger partial charge in [-0.1, -0.05) is 12.1 Å². The molecule has 0 fully saturated rings. The third-order valence-corrected chi connectivity index (χ3v) is 3.90. The molecule has 19 heavy (non-hydrogen) atoms. The monoisotopic (exact) mass is 277 g/mol. The minimum absolute atomic E-state index is 0.0148. The smallest absolute Gasteiger partial charge is 0.281 e. The molecule has 0 atom stereocenters. The largest absolute Gasteiger partial charge is 0.386 e. The van der Waals surface area contributed by atoms with Gasteiger partial charge in [0.2, 0.25) is 0 Å². The van der Waals surface area contributed by atoms with E-state index in [0.29, 0.717) is 11.4 Å². The number of rotatable bonds is 4. The van der Waals surface area contributed by atoms with E-state index in [0.717, 1.165) is 5.56 Å². The molecule has 0 bridgehead atoms. The summed E-state index contributed by atoms with van der Waals surface area (Å²) in [5.41, 5.74) is 1.96. The van der Waals surface area contributed by atoms with E-state index in [9.17, 15) is 8.42 Å². The summed E-state index contributed by atoms with van der Waals surface area (Å²) in [5.74, 6) is 0. The Kier molecular flexibility index (Phi) is 3.71. The van der Waals surface area contributed by atoms with E-state index in [1.165, 1.54) is 6.20 Å². The maximum Gasteiger partial charge on any atom is 0.281 e. The first-order valence-electron chi connectivity index (χ1n) is 5.75. The first-order valence-corrected chi connectivity index (χ1v) is 7.23. The zero-order valence-corrected chi connectivity index (χ0v) is 11.5. The molecular weight excluding hydrogens is 262 g/mol. The number of benzene rings is 1. The maximum absolute atomic E-state index is 12.3. The number of nitrogens with one attached hydrogen (secondary N) is 2. The number of nitrogens with zero attached hydrogens (tertiary/aromatic N) is 1. The number of sulfonamides is 1. The minimum Gasteiger partial charge on any atom is -0.386 e. The van der Waals surface area contributed by atoms with Crippen LogP contribution in [0, 0.1) is 6.92 Å².